The summed E-state index contributed by atoms with van der Waals surface area (Å²) in [6.07, 6.45) is 1.54. The fourth-order valence-corrected chi connectivity index (χ4v) is 1.69. The van der Waals surface area contributed by atoms with Crippen LogP contribution in [0.5, 0.6) is 0 Å². The number of aromatic nitrogens is 3. The molecule has 1 aromatic heterocycles. The van der Waals surface area contributed by atoms with Gasteiger partial charge in [-0.25, -0.2) is 4.98 Å². The normalized spacial score (nSPS) is 12.6. The molecule has 0 spiro atoms. The van der Waals surface area contributed by atoms with E-state index < -0.39 is 0 Å². The fourth-order valence-electron chi connectivity index (χ4n) is 1.69. The zero-order valence-corrected chi connectivity index (χ0v) is 9.57. The second-order valence-corrected chi connectivity index (χ2v) is 3.77. The van der Waals surface area contributed by atoms with Crippen LogP contribution in [0.1, 0.15) is 29.9 Å². The molecule has 0 saturated heterocycles. The number of nitrogens with zero attached hydrogens (tertiary/aromatic N) is 2. The molecule has 0 bridgehead atoms. The zero-order valence-electron chi connectivity index (χ0n) is 9.57. The predicted molar refractivity (Wildman–Crippen MR) is 63.1 cm³/mol. The second kappa shape index (κ2) is 4.90. The summed E-state index contributed by atoms with van der Waals surface area (Å²) in [5, 5.41) is 10.2. The third-order valence-electron chi connectivity index (χ3n) is 2.53. The highest BCUT2D eigenvalue weighted by atomic mass is 15.2. The van der Waals surface area contributed by atoms with E-state index in [0.29, 0.717) is 0 Å². The molecule has 1 heterocycles. The molecule has 16 heavy (non-hydrogen) atoms. The first kappa shape index (κ1) is 10.8. The maximum Gasteiger partial charge on any atom is 0.145 e. The van der Waals surface area contributed by atoms with Gasteiger partial charge in [0.2, 0.25) is 0 Å². The number of H-pyrrole nitrogens is 1. The Bertz CT molecular complexity index is 419. The summed E-state index contributed by atoms with van der Waals surface area (Å²) < 4.78 is 0. The summed E-state index contributed by atoms with van der Waals surface area (Å²) in [7, 11) is 0. The minimum Gasteiger partial charge on any atom is -0.304 e. The highest BCUT2D eigenvalue weighted by Gasteiger charge is 2.14. The minimum atomic E-state index is 0.0908. The van der Waals surface area contributed by atoms with Crippen molar-refractivity contribution in [3.05, 3.63) is 47.5 Å². The van der Waals surface area contributed by atoms with Crippen molar-refractivity contribution in [3.63, 3.8) is 0 Å². The van der Waals surface area contributed by atoms with Crippen molar-refractivity contribution in [1.29, 1.82) is 0 Å². The van der Waals surface area contributed by atoms with Gasteiger partial charge in [0.15, 0.2) is 0 Å². The topological polar surface area (TPSA) is 53.6 Å². The lowest BCUT2D eigenvalue weighted by molar-refractivity contribution is 0.600. The molecule has 2 aromatic rings. The molecular formula is C12H16N4. The fraction of sp³-hybridized carbons (Fsp3) is 0.333. The third-order valence-corrected chi connectivity index (χ3v) is 2.53. The number of nitrogens with one attached hydrogen (secondary N) is 2. The summed E-state index contributed by atoms with van der Waals surface area (Å²) in [6.45, 7) is 5.05. The molecule has 2 rings (SSSR count). The number of aromatic amines is 1. The van der Waals surface area contributed by atoms with E-state index in [9.17, 15) is 0 Å². The average Bonchev–Trinajstić information content (AvgIpc) is 2.81. The molecule has 4 nitrogen and oxygen atoms in total. The van der Waals surface area contributed by atoms with Crippen LogP contribution in [-0.2, 0) is 0 Å². The predicted octanol–water partition coefficient (Wildman–Crippen LogP) is 1.81. The van der Waals surface area contributed by atoms with E-state index in [1.165, 1.54) is 17.5 Å². The van der Waals surface area contributed by atoms with Gasteiger partial charge in [0.1, 0.15) is 12.2 Å². The van der Waals surface area contributed by atoms with Gasteiger partial charge in [-0.15, -0.1) is 0 Å². The Labute approximate surface area is 95.1 Å². The van der Waals surface area contributed by atoms with E-state index in [1.54, 1.807) is 0 Å². The van der Waals surface area contributed by atoms with Crippen molar-refractivity contribution in [2.45, 2.75) is 19.9 Å². The van der Waals surface area contributed by atoms with Gasteiger partial charge in [-0.3, -0.25) is 5.10 Å². The summed E-state index contributed by atoms with van der Waals surface area (Å²) in [5.41, 5.74) is 2.46. The van der Waals surface area contributed by atoms with E-state index in [-0.39, 0.29) is 6.04 Å². The van der Waals surface area contributed by atoms with Gasteiger partial charge in [0.05, 0.1) is 6.04 Å². The van der Waals surface area contributed by atoms with Crippen molar-refractivity contribution in [2.75, 3.05) is 6.54 Å². The Kier molecular flexibility index (Phi) is 3.31. The monoisotopic (exact) mass is 216 g/mol. The summed E-state index contributed by atoms with van der Waals surface area (Å²) in [6, 6.07) is 8.54. The minimum absolute atomic E-state index is 0.0908. The van der Waals surface area contributed by atoms with Gasteiger partial charge < -0.3 is 5.32 Å². The molecule has 84 valence electrons. The van der Waals surface area contributed by atoms with E-state index in [4.69, 9.17) is 0 Å². The Morgan fingerprint density at radius 3 is 2.62 bits per heavy atom. The summed E-state index contributed by atoms with van der Waals surface area (Å²) in [4.78, 5) is 4.20. The van der Waals surface area contributed by atoms with Gasteiger partial charge >= 0.3 is 0 Å². The van der Waals surface area contributed by atoms with E-state index in [0.717, 1.165) is 12.4 Å². The number of hydrogen-bond donors (Lipinski definition) is 2. The second-order valence-electron chi connectivity index (χ2n) is 3.77. The van der Waals surface area contributed by atoms with E-state index in [1.807, 2.05) is 0 Å². The molecule has 4 heteroatoms. The van der Waals surface area contributed by atoms with Crippen LogP contribution < -0.4 is 5.32 Å². The quantitative estimate of drug-likeness (QED) is 0.819. The van der Waals surface area contributed by atoms with Gasteiger partial charge in [0, 0.05) is 0 Å². The molecule has 0 aliphatic carbocycles. The first-order valence-electron chi connectivity index (χ1n) is 5.46. The lowest BCUT2D eigenvalue weighted by Gasteiger charge is -2.15. The van der Waals surface area contributed by atoms with Crippen LogP contribution in [0.2, 0.25) is 0 Å². The molecule has 0 fully saturated rings. The number of benzene rings is 1. The largest absolute Gasteiger partial charge is 0.304 e. The smallest absolute Gasteiger partial charge is 0.145 e. The van der Waals surface area contributed by atoms with Crippen LogP contribution >= 0.6 is 0 Å². The molecule has 0 saturated carbocycles. The van der Waals surface area contributed by atoms with Crippen LogP contribution in [0.4, 0.5) is 0 Å². The van der Waals surface area contributed by atoms with Crippen molar-refractivity contribution < 1.29 is 0 Å². The maximum absolute atomic E-state index is 4.20. The molecule has 1 aromatic carbocycles. The molecular weight excluding hydrogens is 200 g/mol. The molecule has 0 amide bonds. The number of aryl methyl sites for hydroxylation is 1. The lowest BCUT2D eigenvalue weighted by Crippen LogP contribution is -2.23. The lowest BCUT2D eigenvalue weighted by atomic mass is 10.0. The Balaban J connectivity index is 2.29. The van der Waals surface area contributed by atoms with Crippen LogP contribution in [0.15, 0.2) is 30.6 Å². The van der Waals surface area contributed by atoms with Gasteiger partial charge in [-0.2, -0.15) is 5.10 Å². The van der Waals surface area contributed by atoms with Gasteiger partial charge in [-0.1, -0.05) is 36.8 Å². The SMILES string of the molecule is CCNC(c1ccc(C)cc1)c1ncn[nH]1. The van der Waals surface area contributed by atoms with E-state index >= 15 is 0 Å². The van der Waals surface area contributed by atoms with Crippen molar-refractivity contribution in [1.82, 2.24) is 20.5 Å². The van der Waals surface area contributed by atoms with Crippen LogP contribution in [0.3, 0.4) is 0 Å². The molecule has 0 aliphatic rings. The van der Waals surface area contributed by atoms with Crippen LogP contribution in [-0.4, -0.2) is 21.7 Å². The standard InChI is InChI=1S/C12H16N4/c1-3-13-11(12-14-8-15-16-12)10-6-4-9(2)5-7-10/h4-8,11,13H,3H2,1-2H3,(H,14,15,16). The van der Waals surface area contributed by atoms with Crippen LogP contribution in [0.25, 0.3) is 0 Å². The van der Waals surface area contributed by atoms with Crippen molar-refractivity contribution in [2.24, 2.45) is 0 Å². The highest BCUT2D eigenvalue weighted by molar-refractivity contribution is 5.27. The Morgan fingerprint density at radius 2 is 2.06 bits per heavy atom. The number of hydrogen-bond acceptors (Lipinski definition) is 3. The Morgan fingerprint density at radius 1 is 1.31 bits per heavy atom. The molecule has 1 atom stereocenters. The third kappa shape index (κ3) is 2.28. The average molecular weight is 216 g/mol. The molecule has 1 unspecified atom stereocenters. The van der Waals surface area contributed by atoms with E-state index in [2.05, 4.69) is 58.6 Å². The molecule has 0 radical (unpaired) electrons. The molecule has 0 aliphatic heterocycles. The zero-order chi connectivity index (χ0) is 11.4. The summed E-state index contributed by atoms with van der Waals surface area (Å²) in [5.74, 6) is 0.853. The van der Waals surface area contributed by atoms with Gasteiger partial charge in [-0.05, 0) is 19.0 Å². The van der Waals surface area contributed by atoms with Crippen LogP contribution in [0, 0.1) is 6.92 Å². The highest BCUT2D eigenvalue weighted by Crippen LogP contribution is 2.18. The Hall–Kier alpha value is -1.68. The maximum atomic E-state index is 4.20. The van der Waals surface area contributed by atoms with Crippen molar-refractivity contribution in [3.8, 4) is 0 Å². The summed E-state index contributed by atoms with van der Waals surface area (Å²) >= 11 is 0. The number of rotatable bonds is 4. The van der Waals surface area contributed by atoms with Gasteiger partial charge in [0.25, 0.3) is 0 Å². The first-order valence-corrected chi connectivity index (χ1v) is 5.46. The first-order chi connectivity index (χ1) is 7.81. The molecule has 2 N–H and O–H groups in total. The van der Waals surface area contributed by atoms with Crippen molar-refractivity contribution >= 4 is 0 Å².